The van der Waals surface area contributed by atoms with Gasteiger partial charge in [-0.2, -0.15) is 16.9 Å². The molecule has 1 aromatic rings. The number of anilines is 1. The van der Waals surface area contributed by atoms with Crippen LogP contribution in [0, 0.1) is 5.92 Å². The van der Waals surface area contributed by atoms with E-state index in [2.05, 4.69) is 24.3 Å². The van der Waals surface area contributed by atoms with Crippen molar-refractivity contribution in [2.24, 2.45) is 5.92 Å². The van der Waals surface area contributed by atoms with Gasteiger partial charge in [-0.1, -0.05) is 13.8 Å². The maximum Gasteiger partial charge on any atom is 0.250 e. The molecule has 2 aliphatic rings. The minimum atomic E-state index is -0.115. The fraction of sp³-hybridized carbons (Fsp3) is 0.600. The summed E-state index contributed by atoms with van der Waals surface area (Å²) < 4.78 is 1.89. The average molecular weight is 223 g/mol. The predicted octanol–water partition coefficient (Wildman–Crippen LogP) is 1.78. The zero-order valence-electron chi connectivity index (χ0n) is 8.78. The zero-order valence-corrected chi connectivity index (χ0v) is 9.60. The molecule has 15 heavy (non-hydrogen) atoms. The van der Waals surface area contributed by atoms with Crippen LogP contribution in [-0.4, -0.2) is 15.7 Å². The van der Waals surface area contributed by atoms with Gasteiger partial charge in [0.2, 0.25) is 0 Å². The minimum absolute atomic E-state index is 0.0900. The van der Waals surface area contributed by atoms with Crippen molar-refractivity contribution < 1.29 is 4.79 Å². The van der Waals surface area contributed by atoms with E-state index in [1.54, 1.807) is 0 Å². The second-order valence-corrected chi connectivity index (χ2v) is 5.37. The second kappa shape index (κ2) is 3.01. The molecule has 0 fully saturated rings. The molecule has 1 unspecified atom stereocenters. The Labute approximate surface area is 92.4 Å². The summed E-state index contributed by atoms with van der Waals surface area (Å²) in [6, 6.07) is -0.115. The number of rotatable bonds is 1. The van der Waals surface area contributed by atoms with Crippen molar-refractivity contribution in [1.29, 1.82) is 0 Å². The lowest BCUT2D eigenvalue weighted by molar-refractivity contribution is -0.119. The van der Waals surface area contributed by atoms with Crippen molar-refractivity contribution in [1.82, 2.24) is 9.78 Å². The van der Waals surface area contributed by atoms with Gasteiger partial charge in [0.1, 0.15) is 11.9 Å². The van der Waals surface area contributed by atoms with Gasteiger partial charge in [-0.3, -0.25) is 4.79 Å². The van der Waals surface area contributed by atoms with Crippen LogP contribution in [0.2, 0.25) is 0 Å². The molecule has 0 bridgehead atoms. The van der Waals surface area contributed by atoms with Crippen molar-refractivity contribution in [3.05, 3.63) is 11.3 Å². The molecule has 1 N–H and O–H groups in total. The number of carbonyl (C=O) groups is 1. The Morgan fingerprint density at radius 1 is 1.53 bits per heavy atom. The number of thioether (sulfide) groups is 1. The summed E-state index contributed by atoms with van der Waals surface area (Å²) in [5, 5.41) is 7.49. The van der Waals surface area contributed by atoms with Crippen LogP contribution in [0.15, 0.2) is 0 Å². The Hall–Kier alpha value is -0.970. The van der Waals surface area contributed by atoms with Crippen LogP contribution in [-0.2, 0) is 16.3 Å². The predicted molar refractivity (Wildman–Crippen MR) is 59.7 cm³/mol. The number of nitrogens with zero attached hydrogens (tertiary/aromatic N) is 2. The first kappa shape index (κ1) is 9.27. The summed E-state index contributed by atoms with van der Waals surface area (Å²) in [5.74, 6) is 3.29. The maximum absolute atomic E-state index is 11.8. The summed E-state index contributed by atoms with van der Waals surface area (Å²) >= 11 is 1.86. The fourth-order valence-corrected chi connectivity index (χ4v) is 3.29. The molecule has 5 heteroatoms. The highest BCUT2D eigenvalue weighted by atomic mass is 32.2. The normalized spacial score (nSPS) is 23.1. The zero-order chi connectivity index (χ0) is 10.6. The third-order valence-corrected chi connectivity index (χ3v) is 3.95. The van der Waals surface area contributed by atoms with E-state index in [1.165, 1.54) is 5.56 Å². The number of amides is 1. The molecule has 4 nitrogen and oxygen atoms in total. The van der Waals surface area contributed by atoms with Crippen LogP contribution < -0.4 is 5.32 Å². The number of nitrogens with one attached hydrogen (secondary N) is 1. The smallest absolute Gasteiger partial charge is 0.250 e. The van der Waals surface area contributed by atoms with Crippen LogP contribution in [0.1, 0.15) is 31.1 Å². The highest BCUT2D eigenvalue weighted by Gasteiger charge is 2.37. The first-order valence-corrected chi connectivity index (χ1v) is 6.33. The van der Waals surface area contributed by atoms with Crippen molar-refractivity contribution >= 4 is 23.5 Å². The van der Waals surface area contributed by atoms with Gasteiger partial charge in [-0.05, 0) is 5.92 Å². The van der Waals surface area contributed by atoms with Gasteiger partial charge >= 0.3 is 0 Å². The van der Waals surface area contributed by atoms with Crippen molar-refractivity contribution in [2.45, 2.75) is 31.4 Å². The van der Waals surface area contributed by atoms with Gasteiger partial charge in [-0.15, -0.1) is 0 Å². The van der Waals surface area contributed by atoms with Crippen LogP contribution >= 0.6 is 11.8 Å². The molecule has 0 spiro atoms. The summed E-state index contributed by atoms with van der Waals surface area (Å²) in [6.45, 7) is 4.11. The molecule has 0 aromatic carbocycles. The van der Waals surface area contributed by atoms with Crippen molar-refractivity contribution in [3.8, 4) is 0 Å². The molecule has 3 rings (SSSR count). The summed E-state index contributed by atoms with van der Waals surface area (Å²) in [7, 11) is 0. The third kappa shape index (κ3) is 1.16. The highest BCUT2D eigenvalue weighted by molar-refractivity contribution is 7.98. The summed E-state index contributed by atoms with van der Waals surface area (Å²) in [4.78, 5) is 11.8. The molecule has 2 aliphatic heterocycles. The number of fused-ring (bicyclic) bond motifs is 3. The van der Waals surface area contributed by atoms with Crippen LogP contribution in [0.4, 0.5) is 5.82 Å². The molecule has 1 atom stereocenters. The largest absolute Gasteiger partial charge is 0.309 e. The summed E-state index contributed by atoms with van der Waals surface area (Å²) in [5.41, 5.74) is 2.39. The van der Waals surface area contributed by atoms with Crippen molar-refractivity contribution in [3.63, 3.8) is 0 Å². The molecule has 1 aromatic heterocycles. The molecule has 1 amide bonds. The lowest BCUT2D eigenvalue weighted by atomic mass is 10.1. The van der Waals surface area contributed by atoms with E-state index in [1.807, 2.05) is 16.4 Å². The maximum atomic E-state index is 11.8. The highest BCUT2D eigenvalue weighted by Crippen LogP contribution is 2.40. The van der Waals surface area contributed by atoms with E-state index in [9.17, 15) is 4.79 Å². The first-order valence-electron chi connectivity index (χ1n) is 5.17. The third-order valence-electron chi connectivity index (χ3n) is 2.98. The van der Waals surface area contributed by atoms with E-state index >= 15 is 0 Å². The second-order valence-electron chi connectivity index (χ2n) is 4.39. The Balaban J connectivity index is 2.10. The van der Waals surface area contributed by atoms with E-state index < -0.39 is 0 Å². The molecular weight excluding hydrogens is 210 g/mol. The average Bonchev–Trinajstić information content (AvgIpc) is 2.74. The number of hydrogen-bond donors (Lipinski definition) is 1. The van der Waals surface area contributed by atoms with Gasteiger partial charge in [-0.25, -0.2) is 4.68 Å². The number of aromatic nitrogens is 2. The van der Waals surface area contributed by atoms with E-state index in [4.69, 9.17) is 0 Å². The molecule has 0 saturated heterocycles. The minimum Gasteiger partial charge on any atom is -0.309 e. The molecule has 0 radical (unpaired) electrons. The molecule has 80 valence electrons. The van der Waals surface area contributed by atoms with Crippen LogP contribution in [0.3, 0.4) is 0 Å². The van der Waals surface area contributed by atoms with Gasteiger partial charge in [0.25, 0.3) is 5.91 Å². The Bertz CT molecular complexity index is 438. The standard InChI is InChI=1S/C10H13N3OS/c1-5(2)8-10(14)11-9-6-3-15-4-7(6)12-13(8)9/h5,8H,3-4H2,1-2H3,(H,11,14). The quantitative estimate of drug-likeness (QED) is 0.789. The van der Waals surface area contributed by atoms with Gasteiger partial charge in [0, 0.05) is 17.1 Å². The van der Waals surface area contributed by atoms with Crippen LogP contribution in [0.5, 0.6) is 0 Å². The monoisotopic (exact) mass is 223 g/mol. The lowest BCUT2D eigenvalue weighted by Crippen LogP contribution is -2.21. The van der Waals surface area contributed by atoms with Crippen LogP contribution in [0.25, 0.3) is 0 Å². The summed E-state index contributed by atoms with van der Waals surface area (Å²) in [6.07, 6.45) is 0. The van der Waals surface area contributed by atoms with Crippen molar-refractivity contribution in [2.75, 3.05) is 5.32 Å². The number of carbonyl (C=O) groups excluding carboxylic acids is 1. The van der Waals surface area contributed by atoms with Gasteiger partial charge < -0.3 is 5.32 Å². The van der Waals surface area contributed by atoms with E-state index in [0.29, 0.717) is 5.92 Å². The SMILES string of the molecule is CC(C)C1C(=O)Nc2c3c(nn21)CSC3. The molecule has 0 aliphatic carbocycles. The van der Waals surface area contributed by atoms with Gasteiger partial charge in [0.05, 0.1) is 5.69 Å². The molecular formula is C10H13N3OS. The molecule has 0 saturated carbocycles. The number of hydrogen-bond acceptors (Lipinski definition) is 3. The van der Waals surface area contributed by atoms with E-state index in [-0.39, 0.29) is 11.9 Å². The van der Waals surface area contributed by atoms with E-state index in [0.717, 1.165) is 23.0 Å². The van der Waals surface area contributed by atoms with Gasteiger partial charge in [0.15, 0.2) is 0 Å². The lowest BCUT2D eigenvalue weighted by Gasteiger charge is -2.12. The fourth-order valence-electron chi connectivity index (χ4n) is 2.25. The topological polar surface area (TPSA) is 46.9 Å². The Morgan fingerprint density at radius 3 is 3.07 bits per heavy atom. The Morgan fingerprint density at radius 2 is 2.33 bits per heavy atom. The molecule has 3 heterocycles. The Kier molecular flexibility index (Phi) is 1.86. The first-order chi connectivity index (χ1) is 7.18.